The molecule has 1 aromatic carbocycles. The Kier molecular flexibility index (Phi) is 6.14. The number of Topliss-reactive ketones (excluding diaryl/α,β-unsaturated/α-hetero) is 1. The fraction of sp³-hybridized carbons (Fsp3) is 0.520. The molecule has 0 amide bonds. The zero-order valence-electron chi connectivity index (χ0n) is 19.6. The summed E-state index contributed by atoms with van der Waals surface area (Å²) >= 11 is 0. The fourth-order valence-electron chi connectivity index (χ4n) is 4.97. The summed E-state index contributed by atoms with van der Waals surface area (Å²) < 4.78 is 18.7. The number of methoxy groups -OCH3 is 2. The van der Waals surface area contributed by atoms with E-state index in [1.807, 2.05) is 4.68 Å². The van der Waals surface area contributed by atoms with E-state index in [1.165, 1.54) is 6.92 Å². The molecule has 1 fully saturated rings. The quantitative estimate of drug-likeness (QED) is 0.459. The number of benzene rings is 1. The van der Waals surface area contributed by atoms with Crippen LogP contribution in [0.1, 0.15) is 67.6 Å². The van der Waals surface area contributed by atoms with Crippen molar-refractivity contribution in [2.45, 2.75) is 58.2 Å². The molecule has 1 saturated heterocycles. The van der Waals surface area contributed by atoms with Crippen molar-refractivity contribution in [3.63, 3.8) is 0 Å². The highest BCUT2D eigenvalue weighted by Gasteiger charge is 2.45. The van der Waals surface area contributed by atoms with Crippen molar-refractivity contribution in [1.82, 2.24) is 4.68 Å². The maximum absolute atomic E-state index is 12.8. The predicted molar refractivity (Wildman–Crippen MR) is 123 cm³/mol. The Balaban J connectivity index is 1.89. The number of fused-ring (bicyclic) bond motifs is 6. The van der Waals surface area contributed by atoms with Crippen LogP contribution in [-0.2, 0) is 16.1 Å². The van der Waals surface area contributed by atoms with Gasteiger partial charge in [0.1, 0.15) is 5.75 Å². The summed E-state index contributed by atoms with van der Waals surface area (Å²) in [5, 5.41) is 2.31. The molecule has 1 aromatic heterocycles. The Morgan fingerprint density at radius 3 is 2.62 bits per heavy atom. The third-order valence-corrected chi connectivity index (χ3v) is 6.51. The molecule has 0 saturated carbocycles. The lowest BCUT2D eigenvalue weighted by Gasteiger charge is -2.44. The minimum absolute atomic E-state index is 0.120. The van der Waals surface area contributed by atoms with E-state index >= 15 is 0 Å². The van der Waals surface area contributed by atoms with E-state index in [-0.39, 0.29) is 28.4 Å². The molecule has 172 valence electrons. The van der Waals surface area contributed by atoms with Crippen LogP contribution in [0.15, 0.2) is 29.2 Å². The lowest BCUT2D eigenvalue weighted by molar-refractivity contribution is 0.101. The van der Waals surface area contributed by atoms with Crippen LogP contribution in [0.4, 0.5) is 0 Å². The average Bonchev–Trinajstić information content (AvgIpc) is 3.07. The molecule has 2 aliphatic rings. The fourth-order valence-corrected chi connectivity index (χ4v) is 4.97. The highest BCUT2D eigenvalue weighted by molar-refractivity contribution is 5.94. The van der Waals surface area contributed by atoms with Gasteiger partial charge in [0.05, 0.1) is 36.1 Å². The number of hydrogen-bond acceptors (Lipinski definition) is 6. The van der Waals surface area contributed by atoms with Gasteiger partial charge in [0.25, 0.3) is 0 Å². The van der Waals surface area contributed by atoms with E-state index in [4.69, 9.17) is 14.2 Å². The molecular weight excluding hydrogens is 408 g/mol. The van der Waals surface area contributed by atoms with Crippen molar-refractivity contribution >= 4 is 5.78 Å². The van der Waals surface area contributed by atoms with E-state index in [1.54, 1.807) is 26.5 Å². The lowest BCUT2D eigenvalue weighted by atomic mass is 9.92. The molecular formula is C25H32N2O5. The van der Waals surface area contributed by atoms with Crippen molar-refractivity contribution in [2.75, 3.05) is 32.4 Å². The van der Waals surface area contributed by atoms with Crippen molar-refractivity contribution in [1.29, 1.82) is 0 Å². The molecule has 2 aliphatic heterocycles. The van der Waals surface area contributed by atoms with Gasteiger partial charge < -0.3 is 14.2 Å². The van der Waals surface area contributed by atoms with E-state index in [2.05, 4.69) is 31.0 Å². The normalized spacial score (nSPS) is 18.2. The number of aromatic nitrogens is 1. The molecule has 0 unspecified atom stereocenters. The molecule has 32 heavy (non-hydrogen) atoms. The van der Waals surface area contributed by atoms with Gasteiger partial charge in [-0.05, 0) is 51.3 Å². The van der Waals surface area contributed by atoms with Crippen LogP contribution in [0.5, 0.6) is 5.75 Å². The Hall–Kier alpha value is -2.64. The smallest absolute Gasteiger partial charge is 0.193 e. The summed E-state index contributed by atoms with van der Waals surface area (Å²) in [7, 11) is 3.34. The van der Waals surface area contributed by atoms with Crippen molar-refractivity contribution in [2.24, 2.45) is 0 Å². The van der Waals surface area contributed by atoms with E-state index in [9.17, 15) is 9.59 Å². The third-order valence-electron chi connectivity index (χ3n) is 6.51. The van der Waals surface area contributed by atoms with Crippen LogP contribution in [-0.4, -0.2) is 43.4 Å². The van der Waals surface area contributed by atoms with E-state index < -0.39 is 0 Å². The molecule has 0 aliphatic carbocycles. The van der Waals surface area contributed by atoms with Crippen LogP contribution in [0.2, 0.25) is 0 Å². The summed E-state index contributed by atoms with van der Waals surface area (Å²) in [6.45, 7) is 7.45. The second-order valence-corrected chi connectivity index (χ2v) is 9.22. The summed E-state index contributed by atoms with van der Waals surface area (Å²) in [6, 6.07) is 5.91. The SMILES string of the molecule is COCCCOc1cc2c(cc1COC)-c1cc(=O)c(C(C)=O)cn1N1[C@@H]2CCC1(C)C. The van der Waals surface area contributed by atoms with Crippen molar-refractivity contribution in [3.05, 3.63) is 51.3 Å². The number of pyridine rings is 1. The number of ether oxygens (including phenoxy) is 3. The van der Waals surface area contributed by atoms with Crippen LogP contribution in [0, 0.1) is 0 Å². The highest BCUT2D eigenvalue weighted by atomic mass is 16.5. The van der Waals surface area contributed by atoms with Gasteiger partial charge in [0, 0.05) is 50.6 Å². The van der Waals surface area contributed by atoms with Crippen LogP contribution in [0.3, 0.4) is 0 Å². The van der Waals surface area contributed by atoms with Gasteiger partial charge in [0.15, 0.2) is 11.2 Å². The number of rotatable bonds is 8. The van der Waals surface area contributed by atoms with Gasteiger partial charge >= 0.3 is 0 Å². The second kappa shape index (κ2) is 8.71. The largest absolute Gasteiger partial charge is 0.493 e. The second-order valence-electron chi connectivity index (χ2n) is 9.22. The van der Waals surface area contributed by atoms with Crippen LogP contribution >= 0.6 is 0 Å². The number of carbonyl (C=O) groups is 1. The highest BCUT2D eigenvalue weighted by Crippen LogP contribution is 2.49. The van der Waals surface area contributed by atoms with Gasteiger partial charge in [-0.1, -0.05) is 0 Å². The maximum atomic E-state index is 12.8. The summed E-state index contributed by atoms with van der Waals surface area (Å²) in [4.78, 5) is 24.9. The maximum Gasteiger partial charge on any atom is 0.193 e. The van der Waals surface area contributed by atoms with Crippen LogP contribution < -0.4 is 15.2 Å². The third kappa shape index (κ3) is 3.84. The van der Waals surface area contributed by atoms with Gasteiger partial charge in [-0.2, -0.15) is 0 Å². The van der Waals surface area contributed by atoms with Crippen molar-refractivity contribution in [3.8, 4) is 17.0 Å². The van der Waals surface area contributed by atoms with Crippen LogP contribution in [0.25, 0.3) is 11.3 Å². The number of carbonyl (C=O) groups excluding carboxylic acids is 1. The first-order valence-corrected chi connectivity index (χ1v) is 11.1. The number of hydrogen-bond donors (Lipinski definition) is 0. The van der Waals surface area contributed by atoms with Gasteiger partial charge in [-0.15, -0.1) is 0 Å². The summed E-state index contributed by atoms with van der Waals surface area (Å²) in [6.07, 6.45) is 4.50. The Morgan fingerprint density at radius 1 is 1.16 bits per heavy atom. The van der Waals surface area contributed by atoms with Crippen molar-refractivity contribution < 1.29 is 19.0 Å². The Bertz CT molecular complexity index is 1090. The van der Waals surface area contributed by atoms with Gasteiger partial charge in [0.2, 0.25) is 0 Å². The first kappa shape index (κ1) is 22.6. The molecule has 3 heterocycles. The first-order chi connectivity index (χ1) is 15.3. The standard InChI is InChI=1S/C25H32N2O5/c1-16(28)20-14-26-22(13-23(20)29)18-11-17(15-31-5)24(32-10-6-9-30-4)12-19(18)21-7-8-25(2,3)27(21)26/h11-14,21H,6-10,15H2,1-5H3/t21-/m1/s1. The monoisotopic (exact) mass is 440 g/mol. The lowest BCUT2D eigenvalue weighted by Crippen LogP contribution is -2.50. The molecule has 0 bridgehead atoms. The molecule has 7 nitrogen and oxygen atoms in total. The zero-order chi connectivity index (χ0) is 23.0. The molecule has 1 atom stereocenters. The Labute approximate surface area is 188 Å². The summed E-state index contributed by atoms with van der Waals surface area (Å²) in [5.41, 5.74) is 3.71. The van der Waals surface area contributed by atoms with Gasteiger partial charge in [-0.25, -0.2) is 0 Å². The molecule has 4 rings (SSSR count). The number of nitrogens with zero attached hydrogens (tertiary/aromatic N) is 2. The van der Waals surface area contributed by atoms with E-state index in [0.29, 0.717) is 19.8 Å². The average molecular weight is 441 g/mol. The zero-order valence-corrected chi connectivity index (χ0v) is 19.6. The topological polar surface area (TPSA) is 70.0 Å². The molecule has 0 spiro atoms. The predicted octanol–water partition coefficient (Wildman–Crippen LogP) is 3.84. The van der Waals surface area contributed by atoms with Gasteiger partial charge in [-0.3, -0.25) is 19.3 Å². The molecule has 2 aromatic rings. The molecule has 0 radical (unpaired) electrons. The number of ketones is 1. The molecule has 7 heteroatoms. The van der Waals surface area contributed by atoms with E-state index in [0.717, 1.165) is 47.4 Å². The minimum Gasteiger partial charge on any atom is -0.493 e. The Morgan fingerprint density at radius 2 is 1.94 bits per heavy atom. The first-order valence-electron chi connectivity index (χ1n) is 11.1. The summed E-state index contributed by atoms with van der Waals surface area (Å²) in [5.74, 6) is 0.590. The molecule has 0 N–H and O–H groups in total. The minimum atomic E-state index is -0.252.